The van der Waals surface area contributed by atoms with E-state index in [0.717, 1.165) is 11.1 Å². The molecule has 14 nitrogen and oxygen atoms in total. The number of nitrogens with zero attached hydrogens (tertiary/aromatic N) is 3. The van der Waals surface area contributed by atoms with E-state index in [-0.39, 0.29) is 52.0 Å². The van der Waals surface area contributed by atoms with Crippen LogP contribution < -0.4 is 0 Å². The molecular formula is C26H22F9GdN3O11S3. The van der Waals surface area contributed by atoms with Gasteiger partial charge in [-0.15, -0.1) is 0 Å². The van der Waals surface area contributed by atoms with Crippen LogP contribution in [0.5, 0.6) is 0 Å². The molecule has 0 fully saturated rings. The summed E-state index contributed by atoms with van der Waals surface area (Å²) in [7, 11) is -17.5. The van der Waals surface area contributed by atoms with Crippen molar-refractivity contribution in [2.45, 2.75) is 28.6 Å². The summed E-state index contributed by atoms with van der Waals surface area (Å²) in [6.07, 6.45) is 0. The number of rotatable bonds is 4. The van der Waals surface area contributed by atoms with Gasteiger partial charge in [-0.05, 0) is 23.3 Å². The van der Waals surface area contributed by atoms with E-state index in [1.54, 1.807) is 0 Å². The van der Waals surface area contributed by atoms with Crippen LogP contribution in [0.3, 0.4) is 0 Å². The zero-order valence-corrected chi connectivity index (χ0v) is 30.2. The fourth-order valence-electron chi connectivity index (χ4n) is 3.39. The van der Waals surface area contributed by atoms with Gasteiger partial charge >= 0.3 is 46.9 Å². The van der Waals surface area contributed by atoms with Crippen molar-refractivity contribution in [3.8, 4) is 0 Å². The number of aromatic nitrogens is 1. The summed E-state index contributed by atoms with van der Waals surface area (Å²) in [5.74, 6) is 1.13. The molecule has 0 radical (unpaired) electrons. The number of alkyl halides is 9. The molecule has 3 N–H and O–H groups in total. The Morgan fingerprint density at radius 2 is 0.774 bits per heavy atom. The molecule has 27 heteroatoms. The topological polar surface area (TPSA) is 219 Å². The second-order valence-corrected chi connectivity index (χ2v) is 13.8. The van der Waals surface area contributed by atoms with Gasteiger partial charge in [-0.1, -0.05) is 66.7 Å². The van der Waals surface area contributed by atoms with E-state index in [9.17, 15) is 39.5 Å². The van der Waals surface area contributed by atoms with Crippen LogP contribution in [0, 0.1) is 39.9 Å². The van der Waals surface area contributed by atoms with Crippen molar-refractivity contribution in [2.24, 2.45) is 9.98 Å². The molecule has 3 heterocycles. The molecular weight excluding hydrogens is 955 g/mol. The normalized spacial score (nSPS) is 17.4. The number of ether oxygens (including phenoxy) is 2. The summed E-state index contributed by atoms with van der Waals surface area (Å²) in [4.78, 5) is 14.1. The summed E-state index contributed by atoms with van der Waals surface area (Å²) < 4.78 is 184. The first kappa shape index (κ1) is 48.0. The van der Waals surface area contributed by atoms with Crippen LogP contribution in [0.1, 0.15) is 34.6 Å². The van der Waals surface area contributed by atoms with Gasteiger partial charge in [-0.2, -0.15) is 64.8 Å². The van der Waals surface area contributed by atoms with Gasteiger partial charge in [0.05, 0.1) is 0 Å². The largest absolute Gasteiger partial charge is 0.522 e. The SMILES string of the molecule is O=S(=O)(O)C(F)(F)F.O=S(=O)(O)C(F)(F)F.O=S(=O)(O)C(F)(F)F.[Gd].c1ccc([C@H]2COC(c3cccc(C4=N[C@@H](c5ccccc5)CO4)n3)=N2)cc1. The van der Waals surface area contributed by atoms with E-state index in [2.05, 4.69) is 29.2 Å². The summed E-state index contributed by atoms with van der Waals surface area (Å²) in [6, 6.07) is 26.1. The van der Waals surface area contributed by atoms with E-state index in [1.807, 2.05) is 54.6 Å². The molecule has 0 saturated carbocycles. The predicted octanol–water partition coefficient (Wildman–Crippen LogP) is 5.30. The van der Waals surface area contributed by atoms with E-state index < -0.39 is 46.9 Å². The van der Waals surface area contributed by atoms with Crippen molar-refractivity contribution in [3.63, 3.8) is 0 Å². The Morgan fingerprint density at radius 3 is 1.02 bits per heavy atom. The quantitative estimate of drug-likeness (QED) is 0.172. The van der Waals surface area contributed by atoms with Gasteiger partial charge in [-0.3, -0.25) is 13.7 Å². The Kier molecular flexibility index (Phi) is 17.2. The molecule has 2 atom stereocenters. The van der Waals surface area contributed by atoms with Gasteiger partial charge in [0.2, 0.25) is 11.8 Å². The van der Waals surface area contributed by atoms with Crippen molar-refractivity contribution in [3.05, 3.63) is 101 Å². The maximum Gasteiger partial charge on any atom is 0.522 e. The van der Waals surface area contributed by atoms with Crippen molar-refractivity contribution in [2.75, 3.05) is 13.2 Å². The summed E-state index contributed by atoms with van der Waals surface area (Å²) in [6.45, 7) is 1.05. The molecule has 3 aromatic rings. The summed E-state index contributed by atoms with van der Waals surface area (Å²) >= 11 is 0. The standard InChI is InChI=1S/C23H19N3O2.3CHF3O3S.Gd/c1-3-8-16(9-4-1)20-14-27-22(25-20)18-12-7-13-19(24-18)23-26-21(15-28-23)17-10-5-2-6-11-17;3*2-1(3,4)8(5,6)7;/h1-13,20-21H,14-15H2;3*(H,5,6,7);/t20-,21-;;;;/m1..../s1. The third-order valence-corrected chi connectivity index (χ3v) is 7.49. The van der Waals surface area contributed by atoms with Gasteiger partial charge in [-0.25, -0.2) is 15.0 Å². The third kappa shape index (κ3) is 15.3. The number of pyridine rings is 1. The second-order valence-electron chi connectivity index (χ2n) is 9.51. The fraction of sp³-hybridized carbons (Fsp3) is 0.269. The molecule has 2 aliphatic heterocycles. The average Bonchev–Trinajstić information content (AvgIpc) is 3.72. The molecule has 1 aromatic heterocycles. The first-order valence-corrected chi connectivity index (χ1v) is 17.5. The van der Waals surface area contributed by atoms with Crippen molar-refractivity contribution in [1.82, 2.24) is 4.98 Å². The van der Waals surface area contributed by atoms with Gasteiger partial charge in [0.25, 0.3) is 0 Å². The number of benzene rings is 2. The van der Waals surface area contributed by atoms with Crippen molar-refractivity contribution >= 4 is 42.1 Å². The smallest absolute Gasteiger partial charge is 0.474 e. The van der Waals surface area contributed by atoms with E-state index >= 15 is 0 Å². The predicted molar refractivity (Wildman–Crippen MR) is 160 cm³/mol. The van der Waals surface area contributed by atoms with Crippen LogP contribution in [-0.2, 0) is 39.8 Å². The molecule has 0 spiro atoms. The Balaban J connectivity index is 0.000000463. The Morgan fingerprint density at radius 1 is 0.509 bits per heavy atom. The summed E-state index contributed by atoms with van der Waals surface area (Å²) in [5.41, 5.74) is -12.9. The van der Waals surface area contributed by atoms with E-state index in [1.165, 1.54) is 0 Å². The Hall–Kier alpha value is -3.05. The summed E-state index contributed by atoms with van der Waals surface area (Å²) in [5, 5.41) is 0. The van der Waals surface area contributed by atoms with E-state index in [0.29, 0.717) is 36.4 Å². The number of aliphatic imine (C=N–C) groups is 2. The van der Waals surface area contributed by atoms with Gasteiger partial charge in [0.15, 0.2) is 0 Å². The van der Waals surface area contributed by atoms with E-state index in [4.69, 9.17) is 58.4 Å². The van der Waals surface area contributed by atoms with Crippen LogP contribution in [0.4, 0.5) is 39.5 Å². The molecule has 5 rings (SSSR count). The first-order valence-electron chi connectivity index (χ1n) is 13.2. The molecule has 0 saturated heterocycles. The van der Waals surface area contributed by atoms with Crippen LogP contribution in [-0.4, -0.2) is 85.4 Å². The molecule has 0 bridgehead atoms. The van der Waals surface area contributed by atoms with Gasteiger partial charge in [0, 0.05) is 39.9 Å². The Labute approximate surface area is 326 Å². The first-order chi connectivity index (χ1) is 23.6. The van der Waals surface area contributed by atoms with Crippen molar-refractivity contribution in [1.29, 1.82) is 0 Å². The van der Waals surface area contributed by atoms with Crippen LogP contribution in [0.15, 0.2) is 88.8 Å². The molecule has 0 unspecified atom stereocenters. The zero-order valence-electron chi connectivity index (χ0n) is 25.5. The van der Waals surface area contributed by atoms with Crippen LogP contribution >= 0.6 is 0 Å². The maximum absolute atomic E-state index is 10.7. The Bertz CT molecular complexity index is 1870. The maximum atomic E-state index is 10.7. The molecule has 53 heavy (non-hydrogen) atoms. The monoisotopic (exact) mass is 977 g/mol. The fourth-order valence-corrected chi connectivity index (χ4v) is 3.39. The minimum Gasteiger partial charge on any atom is -0.474 e. The second kappa shape index (κ2) is 19.0. The number of halogens is 9. The van der Waals surface area contributed by atoms with Crippen LogP contribution in [0.2, 0.25) is 0 Å². The molecule has 0 amide bonds. The number of hydrogen-bond donors (Lipinski definition) is 3. The third-order valence-electron chi connectivity index (χ3n) is 5.74. The minimum absolute atomic E-state index is 0. The molecule has 2 aromatic carbocycles. The molecule has 0 aliphatic carbocycles. The number of hydrogen-bond acceptors (Lipinski definition) is 11. The molecule has 2 aliphatic rings. The van der Waals surface area contributed by atoms with Gasteiger partial charge in [0.1, 0.15) is 36.7 Å². The average molecular weight is 977 g/mol. The van der Waals surface area contributed by atoms with Crippen molar-refractivity contribution < 1.29 is 128 Å². The van der Waals surface area contributed by atoms with Crippen LogP contribution in [0.25, 0.3) is 0 Å². The molecule has 296 valence electrons. The van der Waals surface area contributed by atoms with Gasteiger partial charge < -0.3 is 9.47 Å². The minimum atomic E-state index is -5.84. The zero-order chi connectivity index (χ0) is 39.8.